The van der Waals surface area contributed by atoms with Gasteiger partial charge in [0.1, 0.15) is 11.8 Å². The molecule has 2 N–H and O–H groups in total. The zero-order chi connectivity index (χ0) is 21.6. The van der Waals surface area contributed by atoms with Crippen LogP contribution in [0.15, 0.2) is 24.3 Å². The van der Waals surface area contributed by atoms with Gasteiger partial charge in [-0.3, -0.25) is 14.5 Å². The lowest BCUT2D eigenvalue weighted by molar-refractivity contribution is -0.143. The SMILES string of the molecule is COc1ccc(C(=O)NC(C(=O)NCC2CCN(CC(F)(F)F)C2)C(C)C)cc1. The Morgan fingerprint density at radius 3 is 2.45 bits per heavy atom. The van der Waals surface area contributed by atoms with Crippen molar-refractivity contribution in [1.82, 2.24) is 15.5 Å². The van der Waals surface area contributed by atoms with Crippen molar-refractivity contribution in [3.63, 3.8) is 0 Å². The Morgan fingerprint density at radius 2 is 1.90 bits per heavy atom. The molecule has 2 unspecified atom stereocenters. The zero-order valence-corrected chi connectivity index (χ0v) is 16.9. The number of rotatable bonds is 8. The predicted molar refractivity (Wildman–Crippen MR) is 103 cm³/mol. The van der Waals surface area contributed by atoms with Crippen molar-refractivity contribution in [1.29, 1.82) is 0 Å². The molecule has 0 aliphatic carbocycles. The van der Waals surface area contributed by atoms with Gasteiger partial charge < -0.3 is 15.4 Å². The molecule has 0 saturated carbocycles. The van der Waals surface area contributed by atoms with Crippen LogP contribution in [0.4, 0.5) is 13.2 Å². The first-order valence-electron chi connectivity index (χ1n) is 9.60. The van der Waals surface area contributed by atoms with Crippen LogP contribution in [0.3, 0.4) is 0 Å². The van der Waals surface area contributed by atoms with Crippen LogP contribution >= 0.6 is 0 Å². The van der Waals surface area contributed by atoms with Crippen LogP contribution in [0.25, 0.3) is 0 Å². The molecular formula is C20H28F3N3O3. The van der Waals surface area contributed by atoms with Crippen LogP contribution in [0.2, 0.25) is 0 Å². The predicted octanol–water partition coefficient (Wildman–Crippen LogP) is 2.45. The summed E-state index contributed by atoms with van der Waals surface area (Å²) >= 11 is 0. The van der Waals surface area contributed by atoms with E-state index in [-0.39, 0.29) is 30.2 Å². The van der Waals surface area contributed by atoms with Crippen LogP contribution in [-0.4, -0.2) is 62.2 Å². The van der Waals surface area contributed by atoms with E-state index in [1.54, 1.807) is 24.3 Å². The average molecular weight is 415 g/mol. The van der Waals surface area contributed by atoms with E-state index in [0.717, 1.165) is 0 Å². The second-order valence-corrected chi connectivity index (χ2v) is 7.67. The number of methoxy groups -OCH3 is 1. The Labute approximate surface area is 168 Å². The number of hydrogen-bond donors (Lipinski definition) is 2. The maximum Gasteiger partial charge on any atom is 0.401 e. The zero-order valence-electron chi connectivity index (χ0n) is 16.9. The summed E-state index contributed by atoms with van der Waals surface area (Å²) in [6.45, 7) is 3.66. The van der Waals surface area contributed by atoms with E-state index in [4.69, 9.17) is 4.74 Å². The van der Waals surface area contributed by atoms with Crippen molar-refractivity contribution in [3.8, 4) is 5.75 Å². The lowest BCUT2D eigenvalue weighted by Gasteiger charge is -2.23. The van der Waals surface area contributed by atoms with Gasteiger partial charge in [-0.2, -0.15) is 13.2 Å². The quantitative estimate of drug-likeness (QED) is 0.684. The number of likely N-dealkylation sites (tertiary alicyclic amines) is 1. The number of carbonyl (C=O) groups excluding carboxylic acids is 2. The van der Waals surface area contributed by atoms with Gasteiger partial charge in [-0.15, -0.1) is 0 Å². The lowest BCUT2D eigenvalue weighted by Crippen LogP contribution is -2.50. The molecule has 2 rings (SSSR count). The van der Waals surface area contributed by atoms with Gasteiger partial charge in [0, 0.05) is 18.7 Å². The number of carbonyl (C=O) groups is 2. The lowest BCUT2D eigenvalue weighted by atomic mass is 10.0. The third-order valence-corrected chi connectivity index (χ3v) is 4.93. The molecule has 1 heterocycles. The molecule has 6 nitrogen and oxygen atoms in total. The fraction of sp³-hybridized carbons (Fsp3) is 0.600. The van der Waals surface area contributed by atoms with Gasteiger partial charge >= 0.3 is 6.18 Å². The molecule has 162 valence electrons. The van der Waals surface area contributed by atoms with Gasteiger partial charge in [0.15, 0.2) is 0 Å². The maximum absolute atomic E-state index is 12.6. The van der Waals surface area contributed by atoms with Crippen molar-refractivity contribution in [2.24, 2.45) is 11.8 Å². The smallest absolute Gasteiger partial charge is 0.401 e. The summed E-state index contributed by atoms with van der Waals surface area (Å²) in [4.78, 5) is 26.4. The molecule has 1 aromatic rings. The van der Waals surface area contributed by atoms with Gasteiger partial charge in [0.25, 0.3) is 5.91 Å². The summed E-state index contributed by atoms with van der Waals surface area (Å²) in [5.74, 6) is -0.278. The Hall–Kier alpha value is -2.29. The third kappa shape index (κ3) is 7.23. The van der Waals surface area contributed by atoms with E-state index in [1.807, 2.05) is 13.8 Å². The van der Waals surface area contributed by atoms with E-state index in [0.29, 0.717) is 30.8 Å². The molecule has 2 amide bonds. The number of alkyl halides is 3. The fourth-order valence-corrected chi connectivity index (χ4v) is 3.33. The molecule has 9 heteroatoms. The van der Waals surface area contributed by atoms with Crippen LogP contribution < -0.4 is 15.4 Å². The van der Waals surface area contributed by atoms with E-state index in [9.17, 15) is 22.8 Å². The number of benzene rings is 1. The number of ether oxygens (including phenoxy) is 1. The molecule has 1 aromatic carbocycles. The minimum Gasteiger partial charge on any atom is -0.497 e. The molecule has 29 heavy (non-hydrogen) atoms. The second kappa shape index (κ2) is 9.96. The second-order valence-electron chi connectivity index (χ2n) is 7.67. The highest BCUT2D eigenvalue weighted by atomic mass is 19.4. The first-order chi connectivity index (χ1) is 13.6. The van der Waals surface area contributed by atoms with Gasteiger partial charge in [0.2, 0.25) is 5.91 Å². The summed E-state index contributed by atoms with van der Waals surface area (Å²) < 4.78 is 42.5. The molecule has 0 radical (unpaired) electrons. The summed E-state index contributed by atoms with van der Waals surface area (Å²) in [6.07, 6.45) is -3.62. The van der Waals surface area contributed by atoms with Crippen molar-refractivity contribution in [2.45, 2.75) is 32.5 Å². The molecule has 0 spiro atoms. The van der Waals surface area contributed by atoms with Crippen LogP contribution in [0.5, 0.6) is 5.75 Å². The largest absolute Gasteiger partial charge is 0.497 e. The van der Waals surface area contributed by atoms with Crippen LogP contribution in [0.1, 0.15) is 30.6 Å². The highest BCUT2D eigenvalue weighted by molar-refractivity contribution is 5.97. The summed E-state index contributed by atoms with van der Waals surface area (Å²) in [6, 6.07) is 5.80. The van der Waals surface area contributed by atoms with Crippen LogP contribution in [0, 0.1) is 11.8 Å². The van der Waals surface area contributed by atoms with E-state index >= 15 is 0 Å². The monoisotopic (exact) mass is 415 g/mol. The normalized spacial score (nSPS) is 18.5. The maximum atomic E-state index is 12.6. The number of hydrogen-bond acceptors (Lipinski definition) is 4. The Morgan fingerprint density at radius 1 is 1.24 bits per heavy atom. The number of halogens is 3. The molecule has 1 saturated heterocycles. The van der Waals surface area contributed by atoms with E-state index in [2.05, 4.69) is 10.6 Å². The first-order valence-corrected chi connectivity index (χ1v) is 9.60. The van der Waals surface area contributed by atoms with Gasteiger partial charge in [-0.25, -0.2) is 0 Å². The van der Waals surface area contributed by atoms with Crippen molar-refractivity contribution >= 4 is 11.8 Å². The first kappa shape index (κ1) is 23.0. The van der Waals surface area contributed by atoms with Gasteiger partial charge in [-0.05, 0) is 49.1 Å². The van der Waals surface area contributed by atoms with Gasteiger partial charge in [-0.1, -0.05) is 13.8 Å². The standard InChI is InChI=1S/C20H28F3N3O3/c1-13(2)17(25-18(27)15-4-6-16(29-3)7-5-15)19(28)24-10-14-8-9-26(11-14)12-20(21,22)23/h4-7,13-14,17H,8-12H2,1-3H3,(H,24,28)(H,25,27). The van der Waals surface area contributed by atoms with Crippen LogP contribution in [-0.2, 0) is 4.79 Å². The summed E-state index contributed by atoms with van der Waals surface area (Å²) in [5, 5.41) is 5.52. The number of amides is 2. The Balaban J connectivity index is 1.86. The molecule has 0 aromatic heterocycles. The molecule has 2 atom stereocenters. The van der Waals surface area contributed by atoms with Gasteiger partial charge in [0.05, 0.1) is 13.7 Å². The minimum absolute atomic E-state index is 0.0357. The fourth-order valence-electron chi connectivity index (χ4n) is 3.33. The van der Waals surface area contributed by atoms with E-state index in [1.165, 1.54) is 12.0 Å². The molecule has 0 bridgehead atoms. The summed E-state index contributed by atoms with van der Waals surface area (Å²) in [7, 11) is 1.53. The van der Waals surface area contributed by atoms with E-state index < -0.39 is 18.8 Å². The molecule has 1 aliphatic heterocycles. The highest BCUT2D eigenvalue weighted by Crippen LogP contribution is 2.22. The topological polar surface area (TPSA) is 70.7 Å². The Bertz CT molecular complexity index is 692. The molecule has 1 aliphatic rings. The molecule has 1 fully saturated rings. The van der Waals surface area contributed by atoms with Crippen molar-refractivity contribution in [2.75, 3.05) is 33.3 Å². The number of nitrogens with one attached hydrogen (secondary N) is 2. The minimum atomic E-state index is -4.22. The molecular weight excluding hydrogens is 387 g/mol. The third-order valence-electron chi connectivity index (χ3n) is 4.93. The van der Waals surface area contributed by atoms with Crippen molar-refractivity contribution < 1.29 is 27.5 Å². The van der Waals surface area contributed by atoms with Crippen molar-refractivity contribution in [3.05, 3.63) is 29.8 Å². The Kier molecular flexibility index (Phi) is 7.89. The summed E-state index contributed by atoms with van der Waals surface area (Å²) in [5.41, 5.74) is 0.405. The average Bonchev–Trinajstić information content (AvgIpc) is 3.09. The number of nitrogens with zero attached hydrogens (tertiary/aromatic N) is 1. The highest BCUT2D eigenvalue weighted by Gasteiger charge is 2.34.